The summed E-state index contributed by atoms with van der Waals surface area (Å²) in [5.74, 6) is -0.0363. The van der Waals surface area contributed by atoms with E-state index >= 15 is 0 Å². The Bertz CT molecular complexity index is 470. The molecule has 1 atom stereocenters. The van der Waals surface area contributed by atoms with Crippen molar-refractivity contribution in [2.45, 2.75) is 19.4 Å². The Balaban J connectivity index is 2.22. The van der Waals surface area contributed by atoms with Crippen molar-refractivity contribution >= 4 is 17.4 Å². The molecule has 102 valence electrons. The third-order valence-corrected chi connectivity index (χ3v) is 3.34. The van der Waals surface area contributed by atoms with E-state index in [0.29, 0.717) is 25.1 Å². The Morgan fingerprint density at radius 3 is 2.68 bits per heavy atom. The van der Waals surface area contributed by atoms with E-state index in [1.54, 1.807) is 12.1 Å². The molecule has 1 aromatic carbocycles. The number of anilines is 1. The molecular formula is C14H18N2O3. The summed E-state index contributed by atoms with van der Waals surface area (Å²) in [5, 5.41) is 11.9. The number of aliphatic hydroxyl groups excluding tert-OH is 1. The molecule has 0 saturated carbocycles. The summed E-state index contributed by atoms with van der Waals surface area (Å²) >= 11 is 0. The van der Waals surface area contributed by atoms with E-state index in [4.69, 9.17) is 5.11 Å². The number of benzene rings is 1. The Morgan fingerprint density at radius 2 is 2.11 bits per heavy atom. The molecule has 0 radical (unpaired) electrons. The lowest BCUT2D eigenvalue weighted by Crippen LogP contribution is -2.55. The van der Waals surface area contributed by atoms with Crippen molar-refractivity contribution < 1.29 is 14.7 Å². The molecule has 5 heteroatoms. The Morgan fingerprint density at radius 1 is 1.42 bits per heavy atom. The number of piperazine rings is 1. The van der Waals surface area contributed by atoms with Crippen LogP contribution in [0.4, 0.5) is 5.69 Å². The Kier molecular flexibility index (Phi) is 4.16. The van der Waals surface area contributed by atoms with Crippen LogP contribution in [-0.4, -0.2) is 42.5 Å². The predicted molar refractivity (Wildman–Crippen MR) is 72.3 cm³/mol. The third kappa shape index (κ3) is 2.93. The van der Waals surface area contributed by atoms with Crippen LogP contribution in [0.15, 0.2) is 24.3 Å². The van der Waals surface area contributed by atoms with Crippen molar-refractivity contribution in [2.24, 2.45) is 0 Å². The quantitative estimate of drug-likeness (QED) is 0.779. The molecule has 0 aliphatic carbocycles. The topological polar surface area (TPSA) is 69.6 Å². The van der Waals surface area contributed by atoms with Gasteiger partial charge in [0.15, 0.2) is 5.78 Å². The SMILES string of the molecule is CC(=O)c1ccc(N2CCNC(=O)C2CCO)cc1. The van der Waals surface area contributed by atoms with Crippen LogP contribution in [0, 0.1) is 0 Å². The van der Waals surface area contributed by atoms with Crippen molar-refractivity contribution in [3.05, 3.63) is 29.8 Å². The maximum absolute atomic E-state index is 11.8. The molecule has 1 amide bonds. The lowest BCUT2D eigenvalue weighted by molar-refractivity contribution is -0.123. The molecule has 1 unspecified atom stereocenters. The van der Waals surface area contributed by atoms with E-state index < -0.39 is 0 Å². The van der Waals surface area contributed by atoms with E-state index in [1.165, 1.54) is 6.92 Å². The second kappa shape index (κ2) is 5.84. The van der Waals surface area contributed by atoms with Gasteiger partial charge in [-0.05, 0) is 37.6 Å². The highest BCUT2D eigenvalue weighted by molar-refractivity contribution is 5.94. The number of carbonyl (C=O) groups excluding carboxylic acids is 2. The molecule has 0 bridgehead atoms. The minimum Gasteiger partial charge on any atom is -0.396 e. The lowest BCUT2D eigenvalue weighted by Gasteiger charge is -2.36. The van der Waals surface area contributed by atoms with Crippen LogP contribution >= 0.6 is 0 Å². The maximum atomic E-state index is 11.8. The largest absolute Gasteiger partial charge is 0.396 e. The monoisotopic (exact) mass is 262 g/mol. The first-order chi connectivity index (χ1) is 9.13. The molecule has 2 N–H and O–H groups in total. The molecule has 1 heterocycles. The van der Waals surface area contributed by atoms with Crippen molar-refractivity contribution in [1.29, 1.82) is 0 Å². The van der Waals surface area contributed by atoms with Crippen LogP contribution < -0.4 is 10.2 Å². The second-order valence-electron chi connectivity index (χ2n) is 4.62. The fraction of sp³-hybridized carbons (Fsp3) is 0.429. The summed E-state index contributed by atoms with van der Waals surface area (Å²) in [6.45, 7) is 2.79. The normalized spacial score (nSPS) is 19.2. The molecule has 5 nitrogen and oxygen atoms in total. The van der Waals surface area contributed by atoms with Crippen molar-refractivity contribution in [1.82, 2.24) is 5.32 Å². The molecule has 1 fully saturated rings. The van der Waals surface area contributed by atoms with Gasteiger partial charge in [0.05, 0.1) is 0 Å². The van der Waals surface area contributed by atoms with Gasteiger partial charge in [0.25, 0.3) is 0 Å². The number of hydrogen-bond acceptors (Lipinski definition) is 4. The third-order valence-electron chi connectivity index (χ3n) is 3.34. The zero-order valence-corrected chi connectivity index (χ0v) is 10.9. The summed E-state index contributed by atoms with van der Waals surface area (Å²) < 4.78 is 0. The van der Waals surface area contributed by atoms with Crippen molar-refractivity contribution in [2.75, 3.05) is 24.6 Å². The van der Waals surface area contributed by atoms with Gasteiger partial charge in [-0.3, -0.25) is 9.59 Å². The Labute approximate surface area is 112 Å². The highest BCUT2D eigenvalue weighted by Crippen LogP contribution is 2.21. The molecule has 1 aliphatic heterocycles. The van der Waals surface area contributed by atoms with Crippen LogP contribution in [0.25, 0.3) is 0 Å². The Hall–Kier alpha value is -1.88. The predicted octanol–water partition coefficient (Wildman–Crippen LogP) is 0.576. The average Bonchev–Trinajstić information content (AvgIpc) is 2.41. The summed E-state index contributed by atoms with van der Waals surface area (Å²) in [5.41, 5.74) is 1.56. The number of hydrogen-bond donors (Lipinski definition) is 2. The molecule has 19 heavy (non-hydrogen) atoms. The van der Waals surface area contributed by atoms with Gasteiger partial charge < -0.3 is 15.3 Å². The molecule has 2 rings (SSSR count). The zero-order chi connectivity index (χ0) is 13.8. The second-order valence-corrected chi connectivity index (χ2v) is 4.62. The van der Waals surface area contributed by atoms with E-state index in [0.717, 1.165) is 5.69 Å². The first-order valence-corrected chi connectivity index (χ1v) is 6.39. The molecule has 1 saturated heterocycles. The highest BCUT2D eigenvalue weighted by atomic mass is 16.3. The lowest BCUT2D eigenvalue weighted by atomic mass is 10.1. The average molecular weight is 262 g/mol. The number of Topliss-reactive ketones (excluding diaryl/α,β-unsaturated/α-hetero) is 1. The van der Waals surface area contributed by atoms with E-state index in [-0.39, 0.29) is 24.3 Å². The number of aliphatic hydroxyl groups is 1. The fourth-order valence-electron chi connectivity index (χ4n) is 2.32. The van der Waals surface area contributed by atoms with Gasteiger partial charge in [0.2, 0.25) is 5.91 Å². The number of rotatable bonds is 4. The van der Waals surface area contributed by atoms with Gasteiger partial charge in [-0.25, -0.2) is 0 Å². The van der Waals surface area contributed by atoms with Crippen LogP contribution in [0.3, 0.4) is 0 Å². The maximum Gasteiger partial charge on any atom is 0.242 e. The first kappa shape index (κ1) is 13.5. The molecule has 0 aromatic heterocycles. The summed E-state index contributed by atoms with van der Waals surface area (Å²) in [6.07, 6.45) is 0.403. The van der Waals surface area contributed by atoms with E-state index in [9.17, 15) is 9.59 Å². The van der Waals surface area contributed by atoms with Gasteiger partial charge >= 0.3 is 0 Å². The summed E-state index contributed by atoms with van der Waals surface area (Å²) in [4.78, 5) is 25.0. The molecule has 1 aliphatic rings. The number of ketones is 1. The standard InChI is InChI=1S/C14H18N2O3/c1-10(18)11-2-4-12(5-3-11)16-8-7-15-14(19)13(16)6-9-17/h2-5,13,17H,6-9H2,1H3,(H,15,19). The van der Waals surface area contributed by atoms with Gasteiger partial charge in [0.1, 0.15) is 6.04 Å². The minimum absolute atomic E-state index is 0.0230. The van der Waals surface area contributed by atoms with Crippen LogP contribution in [-0.2, 0) is 4.79 Å². The van der Waals surface area contributed by atoms with Gasteiger partial charge in [-0.2, -0.15) is 0 Å². The van der Waals surface area contributed by atoms with Crippen molar-refractivity contribution in [3.63, 3.8) is 0 Å². The van der Waals surface area contributed by atoms with Crippen molar-refractivity contribution in [3.8, 4) is 0 Å². The number of nitrogens with one attached hydrogen (secondary N) is 1. The molecule has 1 aromatic rings. The smallest absolute Gasteiger partial charge is 0.242 e. The number of amides is 1. The van der Waals surface area contributed by atoms with Gasteiger partial charge in [-0.1, -0.05) is 0 Å². The van der Waals surface area contributed by atoms with Gasteiger partial charge in [-0.15, -0.1) is 0 Å². The highest BCUT2D eigenvalue weighted by Gasteiger charge is 2.29. The molecule has 0 spiro atoms. The van der Waals surface area contributed by atoms with Gasteiger partial charge in [0, 0.05) is 30.9 Å². The fourth-order valence-corrected chi connectivity index (χ4v) is 2.32. The van der Waals surface area contributed by atoms with Crippen LogP contribution in [0.2, 0.25) is 0 Å². The number of carbonyl (C=O) groups is 2. The summed E-state index contributed by atoms with van der Waals surface area (Å²) in [7, 11) is 0. The van der Waals surface area contributed by atoms with E-state index in [1.807, 2.05) is 17.0 Å². The zero-order valence-electron chi connectivity index (χ0n) is 10.9. The minimum atomic E-state index is -0.345. The van der Waals surface area contributed by atoms with E-state index in [2.05, 4.69) is 5.32 Å². The number of nitrogens with zero attached hydrogens (tertiary/aromatic N) is 1. The van der Waals surface area contributed by atoms with Crippen LogP contribution in [0.1, 0.15) is 23.7 Å². The molecular weight excluding hydrogens is 244 g/mol. The first-order valence-electron chi connectivity index (χ1n) is 6.39. The van der Waals surface area contributed by atoms with Crippen LogP contribution in [0.5, 0.6) is 0 Å². The summed E-state index contributed by atoms with van der Waals surface area (Å²) in [6, 6.07) is 6.88.